The van der Waals surface area contributed by atoms with Crippen molar-refractivity contribution in [3.8, 4) is 5.75 Å². The number of pyridine rings is 1. The van der Waals surface area contributed by atoms with Gasteiger partial charge in [-0.2, -0.15) is 13.2 Å². The van der Waals surface area contributed by atoms with Crippen molar-refractivity contribution >= 4 is 5.84 Å². The van der Waals surface area contributed by atoms with Crippen molar-refractivity contribution in [1.82, 2.24) is 4.98 Å². The Kier molecular flexibility index (Phi) is 3.77. The van der Waals surface area contributed by atoms with Gasteiger partial charge in [0.15, 0.2) is 11.9 Å². The minimum absolute atomic E-state index is 0.0516. The van der Waals surface area contributed by atoms with Crippen LogP contribution in [0.25, 0.3) is 0 Å². The first-order valence-electron chi connectivity index (χ1n) is 4.52. The maximum absolute atomic E-state index is 12.2. The zero-order valence-corrected chi connectivity index (χ0v) is 8.77. The van der Waals surface area contributed by atoms with Crippen LogP contribution in [0.3, 0.4) is 0 Å². The lowest BCUT2D eigenvalue weighted by atomic mass is 10.3. The van der Waals surface area contributed by atoms with E-state index in [0.29, 0.717) is 0 Å². The first kappa shape index (κ1) is 13.1. The van der Waals surface area contributed by atoms with Gasteiger partial charge in [-0.05, 0) is 19.1 Å². The SMILES string of the molecule is CC(Oc1ccc(/C(N)=N/O)nc1)C(F)(F)F. The van der Waals surface area contributed by atoms with Crippen LogP contribution in [-0.2, 0) is 0 Å². The second-order valence-electron chi connectivity index (χ2n) is 3.17. The fraction of sp³-hybridized carbons (Fsp3) is 0.333. The van der Waals surface area contributed by atoms with Crippen LogP contribution < -0.4 is 10.5 Å². The molecule has 0 bridgehead atoms. The Morgan fingerprint density at radius 2 is 2.18 bits per heavy atom. The Morgan fingerprint density at radius 3 is 2.59 bits per heavy atom. The number of hydrogen-bond acceptors (Lipinski definition) is 4. The first-order chi connectivity index (χ1) is 7.84. The molecule has 0 aliphatic carbocycles. The fourth-order valence-corrected chi connectivity index (χ4v) is 0.924. The highest BCUT2D eigenvalue weighted by molar-refractivity contribution is 5.95. The highest BCUT2D eigenvalue weighted by atomic mass is 19.4. The molecule has 1 aromatic rings. The van der Waals surface area contributed by atoms with Gasteiger partial charge in [-0.25, -0.2) is 4.98 Å². The molecule has 17 heavy (non-hydrogen) atoms. The number of nitrogens with zero attached hydrogens (tertiary/aromatic N) is 2. The number of oxime groups is 1. The number of alkyl halides is 3. The average molecular weight is 249 g/mol. The number of halogens is 3. The van der Waals surface area contributed by atoms with E-state index in [-0.39, 0.29) is 17.3 Å². The molecular weight excluding hydrogens is 239 g/mol. The van der Waals surface area contributed by atoms with Crippen molar-refractivity contribution in [2.24, 2.45) is 10.9 Å². The summed E-state index contributed by atoms with van der Waals surface area (Å²) in [6.45, 7) is 0.886. The molecule has 1 heterocycles. The van der Waals surface area contributed by atoms with E-state index >= 15 is 0 Å². The van der Waals surface area contributed by atoms with Crippen molar-refractivity contribution < 1.29 is 23.1 Å². The zero-order valence-electron chi connectivity index (χ0n) is 8.77. The van der Waals surface area contributed by atoms with Gasteiger partial charge in [0.05, 0.1) is 6.20 Å². The number of hydrogen-bond donors (Lipinski definition) is 2. The second-order valence-corrected chi connectivity index (χ2v) is 3.17. The quantitative estimate of drug-likeness (QED) is 0.368. The largest absolute Gasteiger partial charge is 0.480 e. The Labute approximate surface area is 94.7 Å². The maximum Gasteiger partial charge on any atom is 0.425 e. The third kappa shape index (κ3) is 3.51. The Bertz CT molecular complexity index is 403. The van der Waals surface area contributed by atoms with Gasteiger partial charge in [0, 0.05) is 0 Å². The van der Waals surface area contributed by atoms with E-state index in [9.17, 15) is 13.2 Å². The lowest BCUT2D eigenvalue weighted by Gasteiger charge is -2.17. The number of rotatable bonds is 3. The van der Waals surface area contributed by atoms with Crippen LogP contribution >= 0.6 is 0 Å². The summed E-state index contributed by atoms with van der Waals surface area (Å²) in [6.07, 6.45) is -5.31. The van der Waals surface area contributed by atoms with Crippen LogP contribution in [0, 0.1) is 0 Å². The summed E-state index contributed by atoms with van der Waals surface area (Å²) in [5.74, 6) is -0.287. The van der Waals surface area contributed by atoms with Crippen molar-refractivity contribution in [3.05, 3.63) is 24.0 Å². The van der Waals surface area contributed by atoms with Crippen LogP contribution in [0.5, 0.6) is 5.75 Å². The molecule has 0 aromatic carbocycles. The highest BCUT2D eigenvalue weighted by Crippen LogP contribution is 2.24. The summed E-state index contributed by atoms with van der Waals surface area (Å²) in [5, 5.41) is 11.1. The molecule has 94 valence electrons. The van der Waals surface area contributed by atoms with Crippen molar-refractivity contribution in [1.29, 1.82) is 0 Å². The highest BCUT2D eigenvalue weighted by Gasteiger charge is 2.38. The van der Waals surface area contributed by atoms with E-state index in [2.05, 4.69) is 14.9 Å². The number of aromatic nitrogens is 1. The van der Waals surface area contributed by atoms with Gasteiger partial charge in [-0.3, -0.25) is 0 Å². The topological polar surface area (TPSA) is 80.7 Å². The zero-order chi connectivity index (χ0) is 13.1. The van der Waals surface area contributed by atoms with Crippen molar-refractivity contribution in [2.45, 2.75) is 19.2 Å². The molecule has 8 heteroatoms. The maximum atomic E-state index is 12.2. The molecular formula is C9H10F3N3O2. The van der Waals surface area contributed by atoms with Crippen LogP contribution in [0.15, 0.2) is 23.5 Å². The summed E-state index contributed by atoms with van der Waals surface area (Å²) < 4.78 is 41.2. The van der Waals surface area contributed by atoms with Crippen molar-refractivity contribution in [2.75, 3.05) is 0 Å². The molecule has 0 fully saturated rings. The smallest absolute Gasteiger partial charge is 0.425 e. The Morgan fingerprint density at radius 1 is 1.53 bits per heavy atom. The Balaban J connectivity index is 2.76. The second kappa shape index (κ2) is 4.89. The minimum atomic E-state index is -4.44. The molecule has 0 aliphatic heterocycles. The monoisotopic (exact) mass is 249 g/mol. The van der Waals surface area contributed by atoms with Gasteiger partial charge in [-0.1, -0.05) is 5.16 Å². The van der Waals surface area contributed by atoms with Crippen LogP contribution in [0.4, 0.5) is 13.2 Å². The van der Waals surface area contributed by atoms with Gasteiger partial charge >= 0.3 is 6.18 Å². The predicted molar refractivity (Wildman–Crippen MR) is 52.9 cm³/mol. The predicted octanol–water partition coefficient (Wildman–Crippen LogP) is 1.51. The Hall–Kier alpha value is -1.99. The molecule has 1 atom stereocenters. The van der Waals surface area contributed by atoms with Crippen LogP contribution in [0.2, 0.25) is 0 Å². The van der Waals surface area contributed by atoms with E-state index in [4.69, 9.17) is 10.9 Å². The normalized spacial score (nSPS) is 14.5. The van der Waals surface area contributed by atoms with Gasteiger partial charge < -0.3 is 15.7 Å². The van der Waals surface area contributed by atoms with E-state index in [1.807, 2.05) is 0 Å². The number of amidine groups is 1. The molecule has 0 radical (unpaired) electrons. The molecule has 0 spiro atoms. The molecule has 3 N–H and O–H groups in total. The van der Waals surface area contributed by atoms with E-state index < -0.39 is 12.3 Å². The van der Waals surface area contributed by atoms with E-state index in [1.165, 1.54) is 12.1 Å². The number of nitrogens with two attached hydrogens (primary N) is 1. The van der Waals surface area contributed by atoms with Gasteiger partial charge in [0.2, 0.25) is 0 Å². The summed E-state index contributed by atoms with van der Waals surface area (Å²) in [5.41, 5.74) is 5.37. The molecule has 1 aromatic heterocycles. The average Bonchev–Trinajstić information content (AvgIpc) is 2.27. The van der Waals surface area contributed by atoms with Gasteiger partial charge in [0.25, 0.3) is 0 Å². The first-order valence-corrected chi connectivity index (χ1v) is 4.52. The third-order valence-corrected chi connectivity index (χ3v) is 1.88. The molecule has 0 amide bonds. The van der Waals surface area contributed by atoms with E-state index in [1.54, 1.807) is 0 Å². The lowest BCUT2D eigenvalue weighted by molar-refractivity contribution is -0.189. The summed E-state index contributed by atoms with van der Waals surface area (Å²) in [6, 6.07) is 2.54. The standard InChI is InChI=1S/C9H10F3N3O2/c1-5(9(10,11)12)17-6-2-3-7(14-4-6)8(13)15-16/h2-5,16H,1H3,(H2,13,15). The molecule has 5 nitrogen and oxygen atoms in total. The fourth-order valence-electron chi connectivity index (χ4n) is 0.924. The molecule has 0 aliphatic rings. The number of ether oxygens (including phenoxy) is 1. The van der Waals surface area contributed by atoms with Crippen LogP contribution in [-0.4, -0.2) is 28.3 Å². The molecule has 1 unspecified atom stereocenters. The van der Waals surface area contributed by atoms with E-state index in [0.717, 1.165) is 13.1 Å². The van der Waals surface area contributed by atoms with Crippen LogP contribution in [0.1, 0.15) is 12.6 Å². The van der Waals surface area contributed by atoms with Gasteiger partial charge in [-0.15, -0.1) is 0 Å². The summed E-state index contributed by atoms with van der Waals surface area (Å²) in [7, 11) is 0. The molecule has 0 saturated heterocycles. The van der Waals surface area contributed by atoms with Gasteiger partial charge in [0.1, 0.15) is 11.4 Å². The summed E-state index contributed by atoms with van der Waals surface area (Å²) in [4.78, 5) is 3.68. The molecule has 0 saturated carbocycles. The molecule has 1 rings (SSSR count). The summed E-state index contributed by atoms with van der Waals surface area (Å²) >= 11 is 0. The van der Waals surface area contributed by atoms with Crippen molar-refractivity contribution in [3.63, 3.8) is 0 Å². The third-order valence-electron chi connectivity index (χ3n) is 1.88. The lowest BCUT2D eigenvalue weighted by Crippen LogP contribution is -2.31. The minimum Gasteiger partial charge on any atom is -0.480 e.